The lowest BCUT2D eigenvalue weighted by Gasteiger charge is -2.28. The van der Waals surface area contributed by atoms with E-state index in [2.05, 4.69) is 25.0 Å². The van der Waals surface area contributed by atoms with Crippen molar-refractivity contribution in [2.24, 2.45) is 10.2 Å². The van der Waals surface area contributed by atoms with E-state index in [0.29, 0.717) is 13.1 Å². The van der Waals surface area contributed by atoms with Crippen molar-refractivity contribution in [3.63, 3.8) is 0 Å². The first kappa shape index (κ1) is 28.4. The second-order valence-corrected chi connectivity index (χ2v) is 10.1. The lowest BCUT2D eigenvalue weighted by molar-refractivity contribution is -0.167. The van der Waals surface area contributed by atoms with Crippen LogP contribution in [-0.2, 0) is 14.8 Å². The third kappa shape index (κ3) is 5.71. The fourth-order valence-corrected chi connectivity index (χ4v) is 4.72. The van der Waals surface area contributed by atoms with Gasteiger partial charge in [-0.1, -0.05) is 12.1 Å². The molecule has 38 heavy (non-hydrogen) atoms. The summed E-state index contributed by atoms with van der Waals surface area (Å²) in [5.41, 5.74) is -0.00887. The summed E-state index contributed by atoms with van der Waals surface area (Å²) in [6.07, 6.45) is -2.77. The van der Waals surface area contributed by atoms with Gasteiger partial charge in [0, 0.05) is 50.4 Å². The molecule has 0 saturated carbocycles. The smallest absolute Gasteiger partial charge is 0.370 e. The van der Waals surface area contributed by atoms with E-state index in [9.17, 15) is 26.4 Å². The highest BCUT2D eigenvalue weighted by molar-refractivity contribution is 7.89. The highest BCUT2D eigenvalue weighted by Crippen LogP contribution is 2.44. The summed E-state index contributed by atoms with van der Waals surface area (Å²) in [5, 5.41) is 10.1. The normalized spacial score (nSPS) is 12.2. The van der Waals surface area contributed by atoms with Crippen LogP contribution >= 0.6 is 0 Å². The number of hydrogen-bond donors (Lipinski definition) is 1. The molecule has 0 radical (unpaired) electrons. The number of nitrogens with one attached hydrogen (secondary N) is 1. The van der Waals surface area contributed by atoms with Gasteiger partial charge in [-0.25, -0.2) is 27.5 Å². The molecule has 1 amide bonds. The van der Waals surface area contributed by atoms with Crippen LogP contribution in [0.4, 0.5) is 41.9 Å². The molecule has 0 fully saturated rings. The number of alkyl halides is 3. The van der Waals surface area contributed by atoms with E-state index in [1.807, 2.05) is 5.32 Å². The summed E-state index contributed by atoms with van der Waals surface area (Å²) < 4.78 is 67.1. The fraction of sp³-hybridized carbons (Fsp3) is 0.304. The van der Waals surface area contributed by atoms with Crippen LogP contribution < -0.4 is 10.2 Å². The summed E-state index contributed by atoms with van der Waals surface area (Å²) in [4.78, 5) is 24.3. The number of fused-ring (bicyclic) bond motifs is 1. The minimum atomic E-state index is -5.17. The van der Waals surface area contributed by atoms with Gasteiger partial charge >= 0.3 is 12.1 Å². The summed E-state index contributed by atoms with van der Waals surface area (Å²) >= 11 is 0. The summed E-state index contributed by atoms with van der Waals surface area (Å²) in [5.74, 6) is -2.38. The van der Waals surface area contributed by atoms with Crippen molar-refractivity contribution >= 4 is 55.4 Å². The number of azo groups is 1. The predicted molar refractivity (Wildman–Crippen MR) is 136 cm³/mol. The molecule has 15 heteroatoms. The lowest BCUT2D eigenvalue weighted by atomic mass is 10.0. The van der Waals surface area contributed by atoms with Gasteiger partial charge in [0.2, 0.25) is 15.7 Å². The second-order valence-electron chi connectivity index (χ2n) is 7.94. The first-order chi connectivity index (χ1) is 17.8. The predicted octanol–water partition coefficient (Wildman–Crippen LogP) is 5.19. The third-order valence-electron chi connectivity index (χ3n) is 5.42. The van der Waals surface area contributed by atoms with Crippen molar-refractivity contribution in [1.82, 2.24) is 14.3 Å². The highest BCUT2D eigenvalue weighted by atomic mass is 32.2. The van der Waals surface area contributed by atoms with Crippen molar-refractivity contribution in [1.29, 1.82) is 0 Å². The van der Waals surface area contributed by atoms with Crippen LogP contribution in [-0.4, -0.2) is 62.0 Å². The monoisotopic (exact) mass is 548 g/mol. The minimum Gasteiger partial charge on any atom is -0.370 e. The van der Waals surface area contributed by atoms with Crippen LogP contribution in [0.25, 0.3) is 15.6 Å². The quantitative estimate of drug-likeness (QED) is 0.305. The van der Waals surface area contributed by atoms with Crippen molar-refractivity contribution in [2.45, 2.75) is 24.9 Å². The van der Waals surface area contributed by atoms with E-state index < -0.39 is 22.1 Å². The van der Waals surface area contributed by atoms with Crippen molar-refractivity contribution in [3.8, 4) is 0 Å². The Bertz CT molecular complexity index is 1530. The SMILES string of the molecule is [C-]#[N+]c1cnc(N=Nc2cc(S(=O)(=O)N(C)C)c(N(CC)CC)c3cccc(NC(=O)C(F)(F)F)c23)nc1. The van der Waals surface area contributed by atoms with Gasteiger partial charge in [-0.15, -0.1) is 10.2 Å². The van der Waals surface area contributed by atoms with E-state index in [1.54, 1.807) is 18.7 Å². The number of hydrogen-bond acceptors (Lipinski definition) is 8. The molecule has 0 aliphatic rings. The molecule has 0 unspecified atom stereocenters. The summed E-state index contributed by atoms with van der Waals surface area (Å²) in [6.45, 7) is 11.3. The number of rotatable bonds is 8. The number of halogens is 3. The molecule has 3 aromatic rings. The molecule has 1 N–H and O–H groups in total. The standard InChI is InChI=1S/C23H23F3N8O3S/c1-6-34(7-2)20-15-9-8-10-16(30-21(35)23(24,25)26)19(15)17(11-18(20)38(36,37)33(4)5)31-32-22-28-12-14(27-3)13-29-22/h8-13H,6-7H2,1-2,4-5H3,(H,30,35). The third-order valence-corrected chi connectivity index (χ3v) is 7.25. The molecular formula is C23H23F3N8O3S. The lowest BCUT2D eigenvalue weighted by Crippen LogP contribution is -2.30. The van der Waals surface area contributed by atoms with Gasteiger partial charge in [-0.2, -0.15) is 13.2 Å². The molecule has 2 aromatic carbocycles. The molecule has 0 aliphatic carbocycles. The number of amides is 1. The first-order valence-corrected chi connectivity index (χ1v) is 12.6. The molecule has 0 aliphatic heterocycles. The van der Waals surface area contributed by atoms with Crippen LogP contribution in [0.3, 0.4) is 0 Å². The van der Waals surface area contributed by atoms with Crippen molar-refractivity contribution in [3.05, 3.63) is 48.1 Å². The Morgan fingerprint density at radius 2 is 1.76 bits per heavy atom. The zero-order valence-electron chi connectivity index (χ0n) is 20.8. The number of carbonyl (C=O) groups excluding carboxylic acids is 1. The van der Waals surface area contributed by atoms with Gasteiger partial charge in [0.15, 0.2) is 0 Å². The van der Waals surface area contributed by atoms with E-state index in [1.165, 1.54) is 50.8 Å². The molecular weight excluding hydrogens is 525 g/mol. The molecule has 200 valence electrons. The Hall–Kier alpha value is -4.16. The Morgan fingerprint density at radius 3 is 2.29 bits per heavy atom. The summed E-state index contributed by atoms with van der Waals surface area (Å²) in [6, 6.07) is 5.37. The number of sulfonamides is 1. The number of nitrogens with zero attached hydrogens (tertiary/aromatic N) is 7. The van der Waals surface area contributed by atoms with Gasteiger partial charge < -0.3 is 10.2 Å². The maximum absolute atomic E-state index is 13.4. The Labute approximate surface area is 216 Å². The summed E-state index contributed by atoms with van der Waals surface area (Å²) in [7, 11) is -1.39. The number of carbonyl (C=O) groups is 1. The largest absolute Gasteiger partial charge is 0.471 e. The highest BCUT2D eigenvalue weighted by Gasteiger charge is 2.39. The molecule has 0 bridgehead atoms. The zero-order valence-corrected chi connectivity index (χ0v) is 21.6. The van der Waals surface area contributed by atoms with E-state index in [4.69, 9.17) is 6.57 Å². The van der Waals surface area contributed by atoms with Gasteiger partial charge in [0.05, 0.1) is 23.6 Å². The molecule has 3 rings (SSSR count). The molecule has 11 nitrogen and oxygen atoms in total. The van der Waals surface area contributed by atoms with Crippen molar-refractivity contribution in [2.75, 3.05) is 37.4 Å². The van der Waals surface area contributed by atoms with E-state index in [0.717, 1.165) is 4.31 Å². The van der Waals surface area contributed by atoms with Gasteiger partial charge in [-0.3, -0.25) is 4.79 Å². The van der Waals surface area contributed by atoms with Gasteiger partial charge in [0.1, 0.15) is 4.90 Å². The number of benzene rings is 2. The second kappa shape index (κ2) is 11.1. The van der Waals surface area contributed by atoms with Crippen LogP contribution in [0.1, 0.15) is 13.8 Å². The van der Waals surface area contributed by atoms with E-state index >= 15 is 0 Å². The molecule has 0 saturated heterocycles. The maximum Gasteiger partial charge on any atom is 0.471 e. The van der Waals surface area contributed by atoms with E-state index in [-0.39, 0.29) is 44.4 Å². The first-order valence-electron chi connectivity index (χ1n) is 11.1. The molecule has 1 aromatic heterocycles. The van der Waals surface area contributed by atoms with Crippen LogP contribution in [0.5, 0.6) is 0 Å². The molecule has 1 heterocycles. The Kier molecular flexibility index (Phi) is 8.28. The molecule has 0 spiro atoms. The zero-order chi connectivity index (χ0) is 28.3. The minimum absolute atomic E-state index is 0.0336. The number of aromatic nitrogens is 2. The van der Waals surface area contributed by atoms with Crippen molar-refractivity contribution < 1.29 is 26.4 Å². The van der Waals surface area contributed by atoms with Gasteiger partial charge in [-0.05, 0) is 26.0 Å². The Morgan fingerprint density at radius 1 is 1.13 bits per heavy atom. The Balaban J connectivity index is 2.42. The average Bonchev–Trinajstić information content (AvgIpc) is 2.88. The van der Waals surface area contributed by atoms with Crippen LogP contribution in [0, 0.1) is 6.57 Å². The average molecular weight is 549 g/mol. The fourth-order valence-electron chi connectivity index (χ4n) is 3.58. The maximum atomic E-state index is 13.4. The topological polar surface area (TPSA) is 125 Å². The van der Waals surface area contributed by atoms with Gasteiger partial charge in [0.25, 0.3) is 5.95 Å². The van der Waals surface area contributed by atoms with Crippen LogP contribution in [0.2, 0.25) is 0 Å². The number of anilines is 2. The van der Waals surface area contributed by atoms with Crippen LogP contribution in [0.15, 0.2) is 51.8 Å². The molecule has 0 atom stereocenters.